The largest absolute Gasteiger partial charge is 0.327 e. The number of nitrogens with zero attached hydrogens (tertiary/aromatic N) is 2. The molecule has 2 N–H and O–H groups in total. The highest BCUT2D eigenvalue weighted by Crippen LogP contribution is 2.28. The number of aryl methyl sites for hydroxylation is 1. The van der Waals surface area contributed by atoms with Crippen LogP contribution in [-0.4, -0.2) is 9.55 Å². The van der Waals surface area contributed by atoms with Crippen molar-refractivity contribution < 1.29 is 0 Å². The van der Waals surface area contributed by atoms with Gasteiger partial charge in [0, 0.05) is 6.54 Å². The first-order valence-corrected chi connectivity index (χ1v) is 5.47. The molecule has 0 aliphatic heterocycles. The van der Waals surface area contributed by atoms with Crippen LogP contribution in [0.5, 0.6) is 0 Å². The van der Waals surface area contributed by atoms with Crippen LogP contribution in [-0.2, 0) is 13.1 Å². The van der Waals surface area contributed by atoms with Gasteiger partial charge in [-0.3, -0.25) is 0 Å². The lowest BCUT2D eigenvalue weighted by Gasteiger charge is -2.03. The van der Waals surface area contributed by atoms with Crippen LogP contribution in [0.2, 0.25) is 10.0 Å². The van der Waals surface area contributed by atoms with E-state index in [4.69, 9.17) is 28.9 Å². The number of imidazole rings is 1. The van der Waals surface area contributed by atoms with Gasteiger partial charge < -0.3 is 10.3 Å². The SMILES string of the molecule is CCn1c(CN)nc2cc(Cl)c(Cl)cc21. The first-order chi connectivity index (χ1) is 7.17. The van der Waals surface area contributed by atoms with Crippen molar-refractivity contribution in [3.05, 3.63) is 28.0 Å². The molecule has 0 saturated carbocycles. The zero-order valence-corrected chi connectivity index (χ0v) is 9.81. The third-order valence-electron chi connectivity index (χ3n) is 2.37. The number of nitrogens with two attached hydrogens (primary N) is 1. The number of aromatic nitrogens is 2. The van der Waals surface area contributed by atoms with Gasteiger partial charge in [0.1, 0.15) is 5.82 Å². The van der Waals surface area contributed by atoms with E-state index in [9.17, 15) is 0 Å². The second kappa shape index (κ2) is 4.00. The summed E-state index contributed by atoms with van der Waals surface area (Å²) >= 11 is 11.9. The van der Waals surface area contributed by atoms with Crippen molar-refractivity contribution in [1.82, 2.24) is 9.55 Å². The molecule has 2 rings (SSSR count). The van der Waals surface area contributed by atoms with Gasteiger partial charge in [0.05, 0.1) is 27.6 Å². The molecule has 1 aromatic heterocycles. The van der Waals surface area contributed by atoms with E-state index in [2.05, 4.69) is 4.98 Å². The van der Waals surface area contributed by atoms with Gasteiger partial charge in [0.15, 0.2) is 0 Å². The van der Waals surface area contributed by atoms with Crippen LogP contribution in [0.25, 0.3) is 11.0 Å². The molecule has 3 nitrogen and oxygen atoms in total. The topological polar surface area (TPSA) is 43.8 Å². The average molecular weight is 244 g/mol. The molecular formula is C10H11Cl2N3. The highest BCUT2D eigenvalue weighted by Gasteiger charge is 2.10. The molecule has 0 atom stereocenters. The van der Waals surface area contributed by atoms with E-state index in [1.807, 2.05) is 17.6 Å². The minimum absolute atomic E-state index is 0.414. The van der Waals surface area contributed by atoms with Crippen LogP contribution in [0.1, 0.15) is 12.7 Å². The first kappa shape index (κ1) is 10.7. The highest BCUT2D eigenvalue weighted by molar-refractivity contribution is 6.42. The zero-order valence-electron chi connectivity index (χ0n) is 8.30. The number of halogens is 2. The van der Waals surface area contributed by atoms with Crippen LogP contribution in [0.4, 0.5) is 0 Å². The van der Waals surface area contributed by atoms with E-state index in [-0.39, 0.29) is 0 Å². The summed E-state index contributed by atoms with van der Waals surface area (Å²) in [5.74, 6) is 0.853. The van der Waals surface area contributed by atoms with E-state index in [0.717, 1.165) is 23.4 Å². The molecule has 0 aliphatic rings. The summed E-state index contributed by atoms with van der Waals surface area (Å²) in [5.41, 5.74) is 7.44. The summed E-state index contributed by atoms with van der Waals surface area (Å²) in [6, 6.07) is 3.60. The fourth-order valence-electron chi connectivity index (χ4n) is 1.68. The fourth-order valence-corrected chi connectivity index (χ4v) is 1.99. The van der Waals surface area contributed by atoms with Crippen molar-refractivity contribution in [2.75, 3.05) is 0 Å². The van der Waals surface area contributed by atoms with Crippen molar-refractivity contribution in [2.45, 2.75) is 20.0 Å². The number of fused-ring (bicyclic) bond motifs is 1. The van der Waals surface area contributed by atoms with Gasteiger partial charge in [-0.15, -0.1) is 0 Å². The number of hydrogen-bond acceptors (Lipinski definition) is 2. The Labute approximate surface area is 97.8 Å². The molecule has 0 spiro atoms. The van der Waals surface area contributed by atoms with Crippen LogP contribution < -0.4 is 5.73 Å². The molecule has 1 heterocycles. The maximum atomic E-state index is 5.96. The lowest BCUT2D eigenvalue weighted by molar-refractivity contribution is 0.718. The Morgan fingerprint density at radius 1 is 1.33 bits per heavy atom. The van der Waals surface area contributed by atoms with Gasteiger partial charge in [0.2, 0.25) is 0 Å². The smallest absolute Gasteiger partial charge is 0.123 e. The summed E-state index contributed by atoms with van der Waals surface area (Å²) in [6.07, 6.45) is 0. The second-order valence-electron chi connectivity index (χ2n) is 3.23. The van der Waals surface area contributed by atoms with Crippen molar-refractivity contribution in [2.24, 2.45) is 5.73 Å². The standard InChI is InChI=1S/C10H11Cl2N3/c1-2-15-9-4-7(12)6(11)3-8(9)14-10(15)5-13/h3-4H,2,5,13H2,1H3. The van der Waals surface area contributed by atoms with Gasteiger partial charge in [-0.2, -0.15) is 0 Å². The molecule has 80 valence electrons. The average Bonchev–Trinajstić information content (AvgIpc) is 2.56. The maximum absolute atomic E-state index is 5.96. The van der Waals surface area contributed by atoms with Crippen molar-refractivity contribution in [1.29, 1.82) is 0 Å². The van der Waals surface area contributed by atoms with E-state index in [1.54, 1.807) is 6.07 Å². The molecule has 0 fully saturated rings. The van der Waals surface area contributed by atoms with Gasteiger partial charge in [0.25, 0.3) is 0 Å². The summed E-state index contributed by atoms with van der Waals surface area (Å²) in [7, 11) is 0. The second-order valence-corrected chi connectivity index (χ2v) is 4.05. The Balaban J connectivity index is 2.77. The van der Waals surface area contributed by atoms with Crippen molar-refractivity contribution >= 4 is 34.2 Å². The third kappa shape index (κ3) is 1.71. The molecule has 0 saturated heterocycles. The Kier molecular flexibility index (Phi) is 2.87. The maximum Gasteiger partial charge on any atom is 0.123 e. The molecule has 15 heavy (non-hydrogen) atoms. The molecule has 0 radical (unpaired) electrons. The first-order valence-electron chi connectivity index (χ1n) is 4.71. The van der Waals surface area contributed by atoms with Gasteiger partial charge in [-0.25, -0.2) is 4.98 Å². The van der Waals surface area contributed by atoms with E-state index >= 15 is 0 Å². The molecule has 0 bridgehead atoms. The summed E-state index contributed by atoms with van der Waals surface area (Å²) in [6.45, 7) is 3.28. The zero-order chi connectivity index (χ0) is 11.0. The number of hydrogen-bond donors (Lipinski definition) is 1. The number of rotatable bonds is 2. The molecule has 0 unspecified atom stereocenters. The fraction of sp³-hybridized carbons (Fsp3) is 0.300. The minimum atomic E-state index is 0.414. The minimum Gasteiger partial charge on any atom is -0.327 e. The molecule has 1 aromatic carbocycles. The summed E-state index contributed by atoms with van der Waals surface area (Å²) in [5, 5.41) is 1.07. The highest BCUT2D eigenvalue weighted by atomic mass is 35.5. The van der Waals surface area contributed by atoms with Crippen LogP contribution in [0, 0.1) is 0 Å². The molecule has 2 aromatic rings. The van der Waals surface area contributed by atoms with Gasteiger partial charge in [-0.1, -0.05) is 23.2 Å². The Morgan fingerprint density at radius 2 is 2.00 bits per heavy atom. The van der Waals surface area contributed by atoms with Crippen molar-refractivity contribution in [3.63, 3.8) is 0 Å². The Hall–Kier alpha value is -0.770. The Bertz CT molecular complexity index is 505. The van der Waals surface area contributed by atoms with E-state index in [0.29, 0.717) is 16.6 Å². The normalized spacial score (nSPS) is 11.2. The quantitative estimate of drug-likeness (QED) is 0.882. The third-order valence-corrected chi connectivity index (χ3v) is 3.09. The summed E-state index contributed by atoms with van der Waals surface area (Å²) in [4.78, 5) is 4.40. The van der Waals surface area contributed by atoms with Crippen LogP contribution in [0.15, 0.2) is 12.1 Å². The van der Waals surface area contributed by atoms with Gasteiger partial charge >= 0.3 is 0 Å². The molecule has 0 aliphatic carbocycles. The van der Waals surface area contributed by atoms with Crippen molar-refractivity contribution in [3.8, 4) is 0 Å². The lowest BCUT2D eigenvalue weighted by Crippen LogP contribution is -2.06. The molecular weight excluding hydrogens is 233 g/mol. The lowest BCUT2D eigenvalue weighted by atomic mass is 10.3. The monoisotopic (exact) mass is 243 g/mol. The van der Waals surface area contributed by atoms with E-state index in [1.165, 1.54) is 0 Å². The van der Waals surface area contributed by atoms with Gasteiger partial charge in [-0.05, 0) is 19.1 Å². The Morgan fingerprint density at radius 3 is 2.60 bits per heavy atom. The van der Waals surface area contributed by atoms with Crippen LogP contribution in [0.3, 0.4) is 0 Å². The predicted octanol–water partition coefficient (Wildman–Crippen LogP) is 2.82. The summed E-state index contributed by atoms with van der Waals surface area (Å²) < 4.78 is 2.04. The molecule has 5 heteroatoms. The van der Waals surface area contributed by atoms with Crippen LogP contribution >= 0.6 is 23.2 Å². The predicted molar refractivity (Wildman–Crippen MR) is 63.3 cm³/mol. The molecule has 0 amide bonds. The number of benzene rings is 1. The van der Waals surface area contributed by atoms with E-state index < -0.39 is 0 Å².